The SMILES string of the molecule is CCNC(=NCC(CC)(CC)CCO)NCC1CCN(C)C1. The summed E-state index contributed by atoms with van der Waals surface area (Å²) < 4.78 is 0. The van der Waals surface area contributed by atoms with Gasteiger partial charge in [-0.1, -0.05) is 13.8 Å². The molecule has 0 spiro atoms. The van der Waals surface area contributed by atoms with E-state index in [0.717, 1.165) is 44.9 Å². The van der Waals surface area contributed by atoms with Gasteiger partial charge in [0, 0.05) is 32.8 Å². The third-order valence-corrected chi connectivity index (χ3v) is 5.11. The third kappa shape index (κ3) is 6.13. The van der Waals surface area contributed by atoms with E-state index in [-0.39, 0.29) is 12.0 Å². The summed E-state index contributed by atoms with van der Waals surface area (Å²) in [5, 5.41) is 16.2. The van der Waals surface area contributed by atoms with Crippen molar-refractivity contribution >= 4 is 5.96 Å². The Hall–Kier alpha value is -0.810. The normalized spacial score (nSPS) is 20.4. The van der Waals surface area contributed by atoms with Crippen LogP contribution in [0, 0.1) is 11.3 Å². The fourth-order valence-electron chi connectivity index (χ4n) is 3.17. The summed E-state index contributed by atoms with van der Waals surface area (Å²) in [4.78, 5) is 7.18. The molecule has 0 bridgehead atoms. The van der Waals surface area contributed by atoms with Crippen LogP contribution >= 0.6 is 0 Å². The van der Waals surface area contributed by atoms with Gasteiger partial charge in [-0.15, -0.1) is 0 Å². The molecule has 0 aromatic rings. The maximum Gasteiger partial charge on any atom is 0.191 e. The molecule has 1 saturated heterocycles. The Bertz CT molecular complexity index is 329. The quantitative estimate of drug-likeness (QED) is 0.448. The number of aliphatic imine (C=N–C) groups is 1. The van der Waals surface area contributed by atoms with E-state index in [1.165, 1.54) is 19.5 Å². The number of rotatable bonds is 9. The highest BCUT2D eigenvalue weighted by atomic mass is 16.3. The van der Waals surface area contributed by atoms with E-state index >= 15 is 0 Å². The fraction of sp³-hybridized carbons (Fsp3) is 0.941. The number of aliphatic hydroxyl groups is 1. The first-order valence-electron chi connectivity index (χ1n) is 8.90. The predicted octanol–water partition coefficient (Wildman–Crippen LogP) is 1.68. The molecule has 0 radical (unpaired) electrons. The van der Waals surface area contributed by atoms with Gasteiger partial charge < -0.3 is 20.6 Å². The van der Waals surface area contributed by atoms with Gasteiger partial charge >= 0.3 is 0 Å². The summed E-state index contributed by atoms with van der Waals surface area (Å²) in [7, 11) is 2.19. The molecule has 1 aliphatic heterocycles. The van der Waals surface area contributed by atoms with Gasteiger partial charge in [0.15, 0.2) is 5.96 Å². The Labute approximate surface area is 136 Å². The van der Waals surface area contributed by atoms with E-state index < -0.39 is 0 Å². The van der Waals surface area contributed by atoms with Crippen molar-refractivity contribution in [1.29, 1.82) is 0 Å². The second kappa shape index (κ2) is 10.1. The molecule has 0 saturated carbocycles. The lowest BCUT2D eigenvalue weighted by Crippen LogP contribution is -2.41. The van der Waals surface area contributed by atoms with Crippen molar-refractivity contribution in [3.05, 3.63) is 0 Å². The Morgan fingerprint density at radius 1 is 1.27 bits per heavy atom. The molecule has 1 atom stereocenters. The number of nitrogens with zero attached hydrogens (tertiary/aromatic N) is 2. The molecular formula is C17H36N4O. The van der Waals surface area contributed by atoms with Gasteiger partial charge in [0.05, 0.1) is 0 Å². The van der Waals surface area contributed by atoms with Crippen LogP contribution in [0.5, 0.6) is 0 Å². The molecular weight excluding hydrogens is 276 g/mol. The Kier molecular flexibility index (Phi) is 8.79. The van der Waals surface area contributed by atoms with Crippen molar-refractivity contribution in [2.24, 2.45) is 16.3 Å². The molecule has 0 aliphatic carbocycles. The highest BCUT2D eigenvalue weighted by Crippen LogP contribution is 2.30. The van der Waals surface area contributed by atoms with Crippen molar-refractivity contribution in [2.45, 2.75) is 46.5 Å². The Morgan fingerprint density at radius 2 is 2.00 bits per heavy atom. The van der Waals surface area contributed by atoms with Crippen LogP contribution in [0.3, 0.4) is 0 Å². The van der Waals surface area contributed by atoms with Gasteiger partial charge in [-0.3, -0.25) is 4.99 Å². The lowest BCUT2D eigenvalue weighted by molar-refractivity contribution is 0.175. The maximum atomic E-state index is 9.32. The first kappa shape index (κ1) is 19.2. The largest absolute Gasteiger partial charge is 0.396 e. The average Bonchev–Trinajstić information content (AvgIpc) is 2.94. The van der Waals surface area contributed by atoms with E-state index in [2.05, 4.69) is 43.4 Å². The number of hydrogen-bond donors (Lipinski definition) is 3. The zero-order valence-corrected chi connectivity index (χ0v) is 15.0. The van der Waals surface area contributed by atoms with Crippen LogP contribution in [0.15, 0.2) is 4.99 Å². The number of nitrogens with one attached hydrogen (secondary N) is 2. The number of guanidine groups is 1. The minimum atomic E-state index is 0.130. The van der Waals surface area contributed by atoms with Gasteiger partial charge in [0.1, 0.15) is 0 Å². The summed E-state index contributed by atoms with van der Waals surface area (Å²) in [5.41, 5.74) is 0.130. The van der Waals surface area contributed by atoms with Crippen molar-refractivity contribution in [1.82, 2.24) is 15.5 Å². The van der Waals surface area contributed by atoms with E-state index in [4.69, 9.17) is 4.99 Å². The van der Waals surface area contributed by atoms with Crippen LogP contribution < -0.4 is 10.6 Å². The first-order chi connectivity index (χ1) is 10.6. The van der Waals surface area contributed by atoms with Crippen LogP contribution in [-0.4, -0.2) is 62.3 Å². The monoisotopic (exact) mass is 312 g/mol. The zero-order valence-electron chi connectivity index (χ0n) is 15.0. The smallest absolute Gasteiger partial charge is 0.191 e. The van der Waals surface area contributed by atoms with Crippen LogP contribution in [-0.2, 0) is 0 Å². The molecule has 0 aromatic heterocycles. The number of likely N-dealkylation sites (tertiary alicyclic amines) is 1. The molecule has 1 heterocycles. The maximum absolute atomic E-state index is 9.32. The highest BCUT2D eigenvalue weighted by Gasteiger charge is 2.25. The minimum absolute atomic E-state index is 0.130. The summed E-state index contributed by atoms with van der Waals surface area (Å²) >= 11 is 0. The van der Waals surface area contributed by atoms with Gasteiger partial charge in [-0.25, -0.2) is 0 Å². The molecule has 0 aromatic carbocycles. The topological polar surface area (TPSA) is 59.9 Å². The molecule has 22 heavy (non-hydrogen) atoms. The minimum Gasteiger partial charge on any atom is -0.396 e. The Morgan fingerprint density at radius 3 is 2.50 bits per heavy atom. The summed E-state index contributed by atoms with van der Waals surface area (Å²) in [6.07, 6.45) is 4.21. The van der Waals surface area contributed by atoms with Gasteiger partial charge in [0.2, 0.25) is 0 Å². The third-order valence-electron chi connectivity index (χ3n) is 5.11. The van der Waals surface area contributed by atoms with Gasteiger partial charge in [0.25, 0.3) is 0 Å². The molecule has 1 fully saturated rings. The predicted molar refractivity (Wildman–Crippen MR) is 94.3 cm³/mol. The van der Waals surface area contributed by atoms with Crippen molar-refractivity contribution in [3.63, 3.8) is 0 Å². The van der Waals surface area contributed by atoms with Gasteiger partial charge in [-0.05, 0) is 57.5 Å². The molecule has 1 rings (SSSR count). The number of hydrogen-bond acceptors (Lipinski definition) is 3. The molecule has 1 aliphatic rings. The van der Waals surface area contributed by atoms with Crippen LogP contribution in [0.25, 0.3) is 0 Å². The lowest BCUT2D eigenvalue weighted by atomic mass is 9.79. The second-order valence-electron chi connectivity index (χ2n) is 6.67. The molecule has 1 unspecified atom stereocenters. The van der Waals surface area contributed by atoms with Crippen molar-refractivity contribution < 1.29 is 5.11 Å². The highest BCUT2D eigenvalue weighted by molar-refractivity contribution is 5.79. The second-order valence-corrected chi connectivity index (χ2v) is 6.67. The van der Waals surface area contributed by atoms with E-state index in [9.17, 15) is 5.11 Å². The first-order valence-corrected chi connectivity index (χ1v) is 8.90. The van der Waals surface area contributed by atoms with E-state index in [0.29, 0.717) is 5.92 Å². The standard InChI is InChI=1S/C17H36N4O/c1-5-17(6-2,9-11-22)14-20-16(18-7-3)19-12-15-8-10-21(4)13-15/h15,22H,5-14H2,1-4H3,(H2,18,19,20). The van der Waals surface area contributed by atoms with Crippen molar-refractivity contribution in [3.8, 4) is 0 Å². The van der Waals surface area contributed by atoms with Crippen LogP contribution in [0.4, 0.5) is 0 Å². The lowest BCUT2D eigenvalue weighted by Gasteiger charge is -2.29. The summed E-state index contributed by atoms with van der Waals surface area (Å²) in [6, 6.07) is 0. The number of aliphatic hydroxyl groups excluding tert-OH is 1. The van der Waals surface area contributed by atoms with Crippen LogP contribution in [0.2, 0.25) is 0 Å². The molecule has 5 heteroatoms. The van der Waals surface area contributed by atoms with E-state index in [1.807, 2.05) is 0 Å². The Balaban J connectivity index is 2.56. The van der Waals surface area contributed by atoms with Gasteiger partial charge in [-0.2, -0.15) is 0 Å². The molecule has 3 N–H and O–H groups in total. The average molecular weight is 313 g/mol. The zero-order chi connectivity index (χ0) is 16.4. The molecule has 130 valence electrons. The summed E-state index contributed by atoms with van der Waals surface area (Å²) in [5.74, 6) is 1.63. The fourth-order valence-corrected chi connectivity index (χ4v) is 3.17. The van der Waals surface area contributed by atoms with E-state index in [1.54, 1.807) is 0 Å². The summed E-state index contributed by atoms with van der Waals surface area (Å²) in [6.45, 7) is 11.8. The molecule has 0 amide bonds. The van der Waals surface area contributed by atoms with Crippen LogP contribution in [0.1, 0.15) is 46.5 Å². The molecule has 5 nitrogen and oxygen atoms in total. The van der Waals surface area contributed by atoms with Crippen molar-refractivity contribution in [2.75, 3.05) is 46.4 Å².